The number of hydrogen-bond acceptors (Lipinski definition) is 3. The highest BCUT2D eigenvalue weighted by atomic mass is 19.3. The van der Waals surface area contributed by atoms with E-state index < -0.39 is 18.3 Å². The van der Waals surface area contributed by atoms with Crippen molar-refractivity contribution in [1.82, 2.24) is 0 Å². The van der Waals surface area contributed by atoms with Crippen molar-refractivity contribution in [3.05, 3.63) is 24.0 Å². The number of rotatable bonds is 4. The second-order valence-electron chi connectivity index (χ2n) is 3.06. The summed E-state index contributed by atoms with van der Waals surface area (Å²) < 4.78 is 36.6. The largest absolute Gasteiger partial charge is 0.399 e. The summed E-state index contributed by atoms with van der Waals surface area (Å²) in [5, 5.41) is 11.2. The Morgan fingerprint density at radius 3 is 2.53 bits per heavy atom. The van der Waals surface area contributed by atoms with Crippen molar-refractivity contribution in [1.29, 1.82) is 0 Å². The summed E-state index contributed by atoms with van der Waals surface area (Å²) in [7, 11) is 0. The average molecular weight is 220 g/mol. The van der Waals surface area contributed by atoms with E-state index in [1.807, 2.05) is 0 Å². The molecule has 4 N–H and O–H groups in total. The summed E-state index contributed by atoms with van der Waals surface area (Å²) in [5.41, 5.74) is 5.78. The molecular formula is C9H11F3N2O. The van der Waals surface area contributed by atoms with Gasteiger partial charge in [0.15, 0.2) is 0 Å². The van der Waals surface area contributed by atoms with E-state index in [2.05, 4.69) is 5.32 Å². The summed E-state index contributed by atoms with van der Waals surface area (Å²) >= 11 is 0. The van der Waals surface area contributed by atoms with Crippen molar-refractivity contribution in [2.24, 2.45) is 0 Å². The van der Waals surface area contributed by atoms with Crippen molar-refractivity contribution in [3.63, 3.8) is 0 Å². The quantitative estimate of drug-likeness (QED) is 0.673. The Kier molecular flexibility index (Phi) is 3.79. The fraction of sp³-hybridized carbons (Fsp3) is 0.333. The van der Waals surface area contributed by atoms with Crippen molar-refractivity contribution in [3.8, 4) is 0 Å². The molecule has 0 bridgehead atoms. The third-order valence-corrected chi connectivity index (χ3v) is 1.73. The molecule has 0 radical (unpaired) electrons. The van der Waals surface area contributed by atoms with Gasteiger partial charge in [0.2, 0.25) is 0 Å². The lowest BCUT2D eigenvalue weighted by Crippen LogP contribution is -2.26. The molecule has 0 spiro atoms. The Bertz CT molecular complexity index is 313. The predicted molar refractivity (Wildman–Crippen MR) is 51.3 cm³/mol. The Hall–Kier alpha value is -1.43. The lowest BCUT2D eigenvalue weighted by Gasteiger charge is -2.12. The van der Waals surface area contributed by atoms with Gasteiger partial charge in [0.1, 0.15) is 11.9 Å². The van der Waals surface area contributed by atoms with E-state index >= 15 is 0 Å². The van der Waals surface area contributed by atoms with Crippen LogP contribution in [0.25, 0.3) is 0 Å². The van der Waals surface area contributed by atoms with E-state index in [1.165, 1.54) is 6.07 Å². The number of aliphatic hydroxyl groups is 1. The van der Waals surface area contributed by atoms with Crippen molar-refractivity contribution >= 4 is 11.4 Å². The Labute approximate surface area is 84.7 Å². The van der Waals surface area contributed by atoms with Crippen LogP contribution in [0.5, 0.6) is 0 Å². The molecule has 1 unspecified atom stereocenters. The summed E-state index contributed by atoms with van der Waals surface area (Å²) in [6.07, 6.45) is -4.61. The van der Waals surface area contributed by atoms with Crippen LogP contribution in [0.15, 0.2) is 18.2 Å². The molecule has 0 amide bonds. The Balaban J connectivity index is 2.57. The lowest BCUT2D eigenvalue weighted by molar-refractivity contribution is 0.00384. The number of hydrogen-bond donors (Lipinski definition) is 3. The molecule has 1 rings (SSSR count). The van der Waals surface area contributed by atoms with Crippen LogP contribution in [0.2, 0.25) is 0 Å². The van der Waals surface area contributed by atoms with Gasteiger partial charge in [-0.25, -0.2) is 13.2 Å². The van der Waals surface area contributed by atoms with Gasteiger partial charge in [-0.3, -0.25) is 0 Å². The zero-order valence-electron chi connectivity index (χ0n) is 7.75. The van der Waals surface area contributed by atoms with Gasteiger partial charge in [-0.15, -0.1) is 0 Å². The topological polar surface area (TPSA) is 58.3 Å². The third-order valence-electron chi connectivity index (χ3n) is 1.73. The first-order valence-electron chi connectivity index (χ1n) is 4.25. The van der Waals surface area contributed by atoms with Gasteiger partial charge in [0.25, 0.3) is 6.43 Å². The minimum atomic E-state index is -2.83. The number of nitrogen functional groups attached to an aromatic ring is 1. The zero-order chi connectivity index (χ0) is 11.4. The molecule has 0 aromatic heterocycles. The van der Waals surface area contributed by atoms with E-state index in [1.54, 1.807) is 0 Å². The molecule has 0 heterocycles. The van der Waals surface area contributed by atoms with E-state index in [9.17, 15) is 13.2 Å². The molecule has 1 atom stereocenters. The highest BCUT2D eigenvalue weighted by molar-refractivity contribution is 5.54. The fourth-order valence-electron chi connectivity index (χ4n) is 1.03. The summed E-state index contributed by atoms with van der Waals surface area (Å²) in [4.78, 5) is 0. The molecule has 6 heteroatoms. The van der Waals surface area contributed by atoms with Gasteiger partial charge in [-0.05, 0) is 18.2 Å². The summed E-state index contributed by atoms with van der Waals surface area (Å²) in [5.74, 6) is -0.566. The number of benzene rings is 1. The van der Waals surface area contributed by atoms with Crippen LogP contribution in [-0.4, -0.2) is 24.2 Å². The van der Waals surface area contributed by atoms with Crippen molar-refractivity contribution < 1.29 is 18.3 Å². The number of halogens is 3. The summed E-state index contributed by atoms with van der Waals surface area (Å²) in [6.45, 7) is -0.361. The number of nitrogens with one attached hydrogen (secondary N) is 1. The molecule has 15 heavy (non-hydrogen) atoms. The van der Waals surface area contributed by atoms with E-state index in [0.717, 1.165) is 12.1 Å². The Morgan fingerprint density at radius 2 is 2.00 bits per heavy atom. The van der Waals surface area contributed by atoms with Crippen LogP contribution in [0.3, 0.4) is 0 Å². The number of anilines is 2. The molecule has 1 aromatic rings. The molecule has 84 valence electrons. The van der Waals surface area contributed by atoms with Gasteiger partial charge in [-0.2, -0.15) is 0 Å². The minimum absolute atomic E-state index is 0.184. The van der Waals surface area contributed by atoms with Crippen molar-refractivity contribution in [2.45, 2.75) is 12.5 Å². The normalized spacial score (nSPS) is 12.9. The van der Waals surface area contributed by atoms with Crippen LogP contribution in [0.1, 0.15) is 0 Å². The highest BCUT2D eigenvalue weighted by Gasteiger charge is 2.16. The number of alkyl halides is 2. The van der Waals surface area contributed by atoms with Gasteiger partial charge < -0.3 is 16.2 Å². The minimum Gasteiger partial charge on any atom is -0.399 e. The van der Waals surface area contributed by atoms with E-state index in [4.69, 9.17) is 10.8 Å². The van der Waals surface area contributed by atoms with Crippen LogP contribution < -0.4 is 11.1 Å². The van der Waals surface area contributed by atoms with E-state index in [-0.39, 0.29) is 17.9 Å². The van der Waals surface area contributed by atoms with Crippen LogP contribution >= 0.6 is 0 Å². The fourth-order valence-corrected chi connectivity index (χ4v) is 1.03. The molecule has 0 saturated heterocycles. The molecule has 0 aliphatic rings. The van der Waals surface area contributed by atoms with E-state index in [0.29, 0.717) is 0 Å². The molecule has 0 saturated carbocycles. The second kappa shape index (κ2) is 4.88. The smallest absolute Gasteiger partial charge is 0.265 e. The average Bonchev–Trinajstić information content (AvgIpc) is 2.12. The molecule has 0 fully saturated rings. The van der Waals surface area contributed by atoms with Crippen molar-refractivity contribution in [2.75, 3.05) is 17.6 Å². The first-order valence-corrected chi connectivity index (χ1v) is 4.25. The van der Waals surface area contributed by atoms with Crippen LogP contribution in [0, 0.1) is 5.82 Å². The van der Waals surface area contributed by atoms with Gasteiger partial charge in [0.05, 0.1) is 0 Å². The number of aliphatic hydroxyl groups excluding tert-OH is 1. The first kappa shape index (κ1) is 11.6. The molecule has 0 aliphatic carbocycles. The molecule has 0 aliphatic heterocycles. The van der Waals surface area contributed by atoms with Crippen LogP contribution in [-0.2, 0) is 0 Å². The predicted octanol–water partition coefficient (Wildman–Crippen LogP) is 1.45. The monoisotopic (exact) mass is 220 g/mol. The maximum Gasteiger partial charge on any atom is 0.265 e. The zero-order valence-corrected chi connectivity index (χ0v) is 7.75. The Morgan fingerprint density at radius 1 is 1.33 bits per heavy atom. The second-order valence-corrected chi connectivity index (χ2v) is 3.06. The third kappa shape index (κ3) is 3.67. The van der Waals surface area contributed by atoms with Gasteiger partial charge >= 0.3 is 0 Å². The first-order chi connectivity index (χ1) is 6.99. The molecular weight excluding hydrogens is 209 g/mol. The SMILES string of the molecule is Nc1cc(F)cc(NCC(O)C(F)F)c1. The summed E-state index contributed by atoms with van der Waals surface area (Å²) in [6, 6.07) is 3.60. The maximum atomic E-state index is 12.8. The van der Waals surface area contributed by atoms with Gasteiger partial charge in [-0.1, -0.05) is 0 Å². The number of nitrogens with two attached hydrogens (primary N) is 1. The highest BCUT2D eigenvalue weighted by Crippen LogP contribution is 2.15. The molecule has 1 aromatic carbocycles. The molecule has 3 nitrogen and oxygen atoms in total. The van der Waals surface area contributed by atoms with Crippen LogP contribution in [0.4, 0.5) is 24.5 Å². The maximum absolute atomic E-state index is 12.8. The lowest BCUT2D eigenvalue weighted by atomic mass is 10.2. The van der Waals surface area contributed by atoms with Gasteiger partial charge in [0, 0.05) is 17.9 Å². The standard InChI is InChI=1S/C9H11F3N2O/c10-5-1-6(13)3-7(2-5)14-4-8(15)9(11)12/h1-3,8-9,14-15H,4,13H2.